The molecule has 0 saturated carbocycles. The zero-order chi connectivity index (χ0) is 13.7. The van der Waals surface area contributed by atoms with Crippen molar-refractivity contribution in [2.45, 2.75) is 19.5 Å². The summed E-state index contributed by atoms with van der Waals surface area (Å²) >= 11 is 0. The van der Waals surface area contributed by atoms with Crippen LogP contribution in [0.1, 0.15) is 22.8 Å². The van der Waals surface area contributed by atoms with E-state index in [1.54, 1.807) is 35.1 Å². The lowest BCUT2D eigenvalue weighted by atomic mass is 10.1. The number of nitrogens with one attached hydrogen (secondary N) is 1. The molecule has 0 spiro atoms. The molecular weight excluding hydrogens is 240 g/mol. The van der Waals surface area contributed by atoms with E-state index in [9.17, 15) is 4.79 Å². The molecule has 5 heteroatoms. The van der Waals surface area contributed by atoms with Crippen LogP contribution in [-0.4, -0.2) is 21.7 Å². The van der Waals surface area contributed by atoms with Gasteiger partial charge in [-0.15, -0.1) is 0 Å². The van der Waals surface area contributed by atoms with Gasteiger partial charge in [-0.25, -0.2) is 0 Å². The largest absolute Gasteiger partial charge is 0.348 e. The van der Waals surface area contributed by atoms with Crippen molar-refractivity contribution in [3.8, 4) is 6.07 Å². The Kier molecular flexibility index (Phi) is 3.94. The highest BCUT2D eigenvalue weighted by atomic mass is 16.1. The van der Waals surface area contributed by atoms with Crippen molar-refractivity contribution in [1.29, 1.82) is 5.26 Å². The summed E-state index contributed by atoms with van der Waals surface area (Å²) in [6, 6.07) is 10.5. The molecule has 1 aromatic heterocycles. The van der Waals surface area contributed by atoms with Crippen LogP contribution in [0.5, 0.6) is 0 Å². The second kappa shape index (κ2) is 5.83. The average molecular weight is 254 g/mol. The summed E-state index contributed by atoms with van der Waals surface area (Å²) in [4.78, 5) is 12.0. The number of carbonyl (C=O) groups excluding carboxylic acids is 1. The summed E-state index contributed by atoms with van der Waals surface area (Å²) in [5.74, 6) is -0.184. The molecule has 1 N–H and O–H groups in total. The highest BCUT2D eigenvalue weighted by Gasteiger charge is 2.10. The van der Waals surface area contributed by atoms with Crippen LogP contribution < -0.4 is 5.32 Å². The Balaban J connectivity index is 1.98. The van der Waals surface area contributed by atoms with Gasteiger partial charge in [0.05, 0.1) is 18.2 Å². The topological polar surface area (TPSA) is 70.7 Å². The van der Waals surface area contributed by atoms with Gasteiger partial charge in [0.25, 0.3) is 5.91 Å². The number of nitriles is 1. The molecule has 2 rings (SSSR count). The van der Waals surface area contributed by atoms with Crippen molar-refractivity contribution in [2.24, 2.45) is 0 Å². The maximum Gasteiger partial charge on any atom is 0.251 e. The lowest BCUT2D eigenvalue weighted by molar-refractivity contribution is 0.0936. The number of hydrogen-bond acceptors (Lipinski definition) is 3. The number of benzene rings is 1. The van der Waals surface area contributed by atoms with E-state index in [2.05, 4.69) is 10.4 Å². The number of aromatic nitrogens is 2. The Morgan fingerprint density at radius 1 is 1.53 bits per heavy atom. The monoisotopic (exact) mass is 254 g/mol. The summed E-state index contributed by atoms with van der Waals surface area (Å²) in [6.45, 7) is 2.52. The molecule has 0 bridgehead atoms. The minimum Gasteiger partial charge on any atom is -0.348 e. The second-order valence-corrected chi connectivity index (χ2v) is 4.30. The van der Waals surface area contributed by atoms with Crippen molar-refractivity contribution in [3.05, 3.63) is 53.9 Å². The van der Waals surface area contributed by atoms with E-state index in [1.165, 1.54) is 0 Å². The first kappa shape index (κ1) is 12.8. The minimum atomic E-state index is -0.184. The minimum absolute atomic E-state index is 0.0434. The Labute approximate surface area is 111 Å². The van der Waals surface area contributed by atoms with E-state index in [1.807, 2.05) is 25.3 Å². The van der Waals surface area contributed by atoms with Crippen LogP contribution in [0.15, 0.2) is 42.7 Å². The number of rotatable bonds is 4. The first-order valence-electron chi connectivity index (χ1n) is 5.97. The van der Waals surface area contributed by atoms with Crippen molar-refractivity contribution < 1.29 is 4.79 Å². The lowest BCUT2D eigenvalue weighted by Crippen LogP contribution is -2.35. The summed E-state index contributed by atoms with van der Waals surface area (Å²) in [6.07, 6.45) is 3.55. The molecule has 1 aromatic carbocycles. The average Bonchev–Trinajstić information content (AvgIpc) is 2.91. The van der Waals surface area contributed by atoms with Gasteiger partial charge in [0, 0.05) is 24.0 Å². The molecule has 1 atom stereocenters. The molecule has 5 nitrogen and oxygen atoms in total. The Hall–Kier alpha value is -2.61. The quantitative estimate of drug-likeness (QED) is 0.900. The number of hydrogen-bond donors (Lipinski definition) is 1. The molecule has 0 aliphatic heterocycles. The first-order valence-corrected chi connectivity index (χ1v) is 5.97. The molecule has 0 saturated heterocycles. The van der Waals surface area contributed by atoms with Crippen molar-refractivity contribution in [3.63, 3.8) is 0 Å². The number of amides is 1. The normalized spacial score (nSPS) is 11.6. The van der Waals surface area contributed by atoms with E-state index in [0.29, 0.717) is 17.7 Å². The van der Waals surface area contributed by atoms with Gasteiger partial charge in [0.2, 0.25) is 0 Å². The van der Waals surface area contributed by atoms with Crippen LogP contribution in [0.3, 0.4) is 0 Å². The van der Waals surface area contributed by atoms with Crippen LogP contribution in [0.2, 0.25) is 0 Å². The van der Waals surface area contributed by atoms with Crippen molar-refractivity contribution >= 4 is 5.91 Å². The van der Waals surface area contributed by atoms with E-state index < -0.39 is 0 Å². The predicted molar refractivity (Wildman–Crippen MR) is 70.3 cm³/mol. The first-order chi connectivity index (χ1) is 9.19. The molecule has 1 unspecified atom stereocenters. The molecule has 1 heterocycles. The summed E-state index contributed by atoms with van der Waals surface area (Å²) in [5.41, 5.74) is 0.971. The Morgan fingerprint density at radius 2 is 2.37 bits per heavy atom. The van der Waals surface area contributed by atoms with Crippen LogP contribution >= 0.6 is 0 Å². The SMILES string of the molecule is CC(Cn1cccn1)NC(=O)c1cccc(C#N)c1. The maximum atomic E-state index is 12.0. The smallest absolute Gasteiger partial charge is 0.251 e. The molecule has 1 amide bonds. The third kappa shape index (κ3) is 3.42. The second-order valence-electron chi connectivity index (χ2n) is 4.30. The van der Waals surface area contributed by atoms with Crippen molar-refractivity contribution in [1.82, 2.24) is 15.1 Å². The molecule has 2 aromatic rings. The van der Waals surface area contributed by atoms with Crippen LogP contribution in [0, 0.1) is 11.3 Å². The summed E-state index contributed by atoms with van der Waals surface area (Å²) in [7, 11) is 0. The van der Waals surface area contributed by atoms with Gasteiger partial charge in [0.15, 0.2) is 0 Å². The third-order valence-corrected chi connectivity index (χ3v) is 2.65. The highest BCUT2D eigenvalue weighted by Crippen LogP contribution is 2.04. The van der Waals surface area contributed by atoms with Crippen molar-refractivity contribution in [2.75, 3.05) is 0 Å². The fourth-order valence-electron chi connectivity index (χ4n) is 1.77. The van der Waals surface area contributed by atoms with Gasteiger partial charge < -0.3 is 5.32 Å². The molecule has 0 aliphatic rings. The predicted octanol–water partition coefficient (Wildman–Crippen LogP) is 1.57. The van der Waals surface area contributed by atoms with Gasteiger partial charge in [0.1, 0.15) is 0 Å². The molecular formula is C14H14N4O. The van der Waals surface area contributed by atoms with Crippen LogP contribution in [-0.2, 0) is 6.54 Å². The van der Waals surface area contributed by atoms with Gasteiger partial charge in [-0.2, -0.15) is 10.4 Å². The lowest BCUT2D eigenvalue weighted by Gasteiger charge is -2.14. The van der Waals surface area contributed by atoms with E-state index in [-0.39, 0.29) is 11.9 Å². The molecule has 0 aliphatic carbocycles. The van der Waals surface area contributed by atoms with E-state index >= 15 is 0 Å². The number of carbonyl (C=O) groups is 1. The Bertz CT molecular complexity index is 598. The highest BCUT2D eigenvalue weighted by molar-refractivity contribution is 5.94. The fourth-order valence-corrected chi connectivity index (χ4v) is 1.77. The summed E-state index contributed by atoms with van der Waals surface area (Å²) < 4.78 is 1.76. The molecule has 19 heavy (non-hydrogen) atoms. The summed E-state index contributed by atoms with van der Waals surface area (Å²) in [5, 5.41) is 15.8. The van der Waals surface area contributed by atoms with E-state index in [4.69, 9.17) is 5.26 Å². The molecule has 96 valence electrons. The third-order valence-electron chi connectivity index (χ3n) is 2.65. The van der Waals surface area contributed by atoms with Gasteiger partial charge in [-0.1, -0.05) is 6.07 Å². The fraction of sp³-hybridized carbons (Fsp3) is 0.214. The van der Waals surface area contributed by atoms with Crippen LogP contribution in [0.4, 0.5) is 0 Å². The maximum absolute atomic E-state index is 12.0. The standard InChI is InChI=1S/C14H14N4O/c1-11(10-18-7-3-6-16-18)17-14(19)13-5-2-4-12(8-13)9-15/h2-8,11H,10H2,1H3,(H,17,19). The molecule has 0 fully saturated rings. The Morgan fingerprint density at radius 3 is 3.05 bits per heavy atom. The van der Waals surface area contributed by atoms with E-state index in [0.717, 1.165) is 0 Å². The number of nitrogens with zero attached hydrogens (tertiary/aromatic N) is 3. The van der Waals surface area contributed by atoms with Gasteiger partial charge in [-0.3, -0.25) is 9.48 Å². The molecule has 0 radical (unpaired) electrons. The van der Waals surface area contributed by atoms with Crippen LogP contribution in [0.25, 0.3) is 0 Å². The zero-order valence-electron chi connectivity index (χ0n) is 10.6. The van der Waals surface area contributed by atoms with Gasteiger partial charge in [-0.05, 0) is 31.2 Å². The zero-order valence-corrected chi connectivity index (χ0v) is 10.6. The van der Waals surface area contributed by atoms with Gasteiger partial charge >= 0.3 is 0 Å².